The molecule has 7 nitrogen and oxygen atoms in total. The summed E-state index contributed by atoms with van der Waals surface area (Å²) in [5.41, 5.74) is -1.26. The zero-order valence-corrected chi connectivity index (χ0v) is 11.9. The van der Waals surface area contributed by atoms with Gasteiger partial charge in [0.15, 0.2) is 5.69 Å². The summed E-state index contributed by atoms with van der Waals surface area (Å²) < 4.78 is 40.3. The van der Waals surface area contributed by atoms with Crippen molar-refractivity contribution in [2.45, 2.75) is 6.18 Å². The number of hydrogen-bond acceptors (Lipinski definition) is 5. The van der Waals surface area contributed by atoms with Gasteiger partial charge in [-0.3, -0.25) is 14.3 Å². The molecular formula is C14H9F3N6O. The fraction of sp³-hybridized carbons (Fsp3) is 0.0714. The molecule has 1 N–H and O–H groups in total. The molecule has 0 saturated heterocycles. The molecule has 3 rings (SSSR count). The van der Waals surface area contributed by atoms with Gasteiger partial charge in [-0.2, -0.15) is 13.2 Å². The van der Waals surface area contributed by atoms with Crippen LogP contribution < -0.4 is 5.32 Å². The zero-order valence-electron chi connectivity index (χ0n) is 11.9. The first kappa shape index (κ1) is 15.6. The maximum absolute atomic E-state index is 13.0. The Labute approximate surface area is 133 Å². The van der Waals surface area contributed by atoms with Crippen LogP contribution in [0.5, 0.6) is 0 Å². The average Bonchev–Trinajstić information content (AvgIpc) is 3.09. The summed E-state index contributed by atoms with van der Waals surface area (Å²) in [7, 11) is 0. The van der Waals surface area contributed by atoms with E-state index in [9.17, 15) is 18.0 Å². The van der Waals surface area contributed by atoms with E-state index in [-0.39, 0.29) is 5.95 Å². The maximum atomic E-state index is 13.0. The lowest BCUT2D eigenvalue weighted by molar-refractivity contribution is -0.141. The molecule has 0 spiro atoms. The predicted molar refractivity (Wildman–Crippen MR) is 76.3 cm³/mol. The molecule has 0 bridgehead atoms. The van der Waals surface area contributed by atoms with Gasteiger partial charge >= 0.3 is 6.18 Å². The number of carbonyl (C=O) groups excluding carboxylic acids is 1. The van der Waals surface area contributed by atoms with E-state index in [1.54, 1.807) is 0 Å². The second-order valence-corrected chi connectivity index (χ2v) is 4.60. The van der Waals surface area contributed by atoms with Crippen LogP contribution >= 0.6 is 0 Å². The van der Waals surface area contributed by atoms with Gasteiger partial charge in [-0.15, -0.1) is 0 Å². The molecule has 0 saturated carbocycles. The Kier molecular flexibility index (Phi) is 3.94. The lowest BCUT2D eigenvalue weighted by atomic mass is 10.3. The van der Waals surface area contributed by atoms with Gasteiger partial charge in [-0.05, 0) is 12.1 Å². The van der Waals surface area contributed by atoms with Crippen LogP contribution in [0.3, 0.4) is 0 Å². The zero-order chi connectivity index (χ0) is 17.2. The molecular weight excluding hydrogens is 325 g/mol. The number of rotatable bonds is 3. The molecule has 0 aromatic carbocycles. The number of anilines is 1. The van der Waals surface area contributed by atoms with Crippen LogP contribution in [0.2, 0.25) is 0 Å². The molecule has 3 aromatic rings. The Hall–Kier alpha value is -3.30. The fourth-order valence-electron chi connectivity index (χ4n) is 1.82. The van der Waals surface area contributed by atoms with Gasteiger partial charge in [0.25, 0.3) is 5.91 Å². The lowest BCUT2D eigenvalue weighted by Crippen LogP contribution is -2.19. The third-order valence-electron chi connectivity index (χ3n) is 2.91. The molecule has 0 aliphatic rings. The highest BCUT2D eigenvalue weighted by Gasteiger charge is 2.34. The number of nitrogens with zero attached hydrogens (tertiary/aromatic N) is 5. The first-order valence-electron chi connectivity index (χ1n) is 6.59. The van der Waals surface area contributed by atoms with Crippen LogP contribution in [0, 0.1) is 0 Å². The SMILES string of the molecule is O=C(Nc1ccncc1)c1cc(C(F)(F)F)nc(-n2ccnc2)n1. The summed E-state index contributed by atoms with van der Waals surface area (Å²) in [6.07, 6.45) is 2.13. The summed E-state index contributed by atoms with van der Waals surface area (Å²) in [5, 5.41) is 2.45. The first-order valence-corrected chi connectivity index (χ1v) is 6.59. The Morgan fingerprint density at radius 2 is 1.83 bits per heavy atom. The van der Waals surface area contributed by atoms with Crippen LogP contribution in [-0.2, 0) is 6.18 Å². The van der Waals surface area contributed by atoms with Gasteiger partial charge in [0.1, 0.15) is 12.0 Å². The summed E-state index contributed by atoms with van der Waals surface area (Å²) in [4.78, 5) is 27.0. The highest BCUT2D eigenvalue weighted by Crippen LogP contribution is 2.28. The topological polar surface area (TPSA) is 85.6 Å². The van der Waals surface area contributed by atoms with Crippen LogP contribution in [0.25, 0.3) is 5.95 Å². The molecule has 3 aromatic heterocycles. The van der Waals surface area contributed by atoms with Crippen molar-refractivity contribution in [2.24, 2.45) is 0 Å². The van der Waals surface area contributed by atoms with E-state index in [0.29, 0.717) is 11.8 Å². The molecule has 0 aliphatic heterocycles. The molecule has 122 valence electrons. The Morgan fingerprint density at radius 1 is 1.08 bits per heavy atom. The van der Waals surface area contributed by atoms with Gasteiger partial charge < -0.3 is 5.32 Å². The van der Waals surface area contributed by atoms with Gasteiger partial charge in [0.2, 0.25) is 5.95 Å². The largest absolute Gasteiger partial charge is 0.433 e. The minimum atomic E-state index is -4.72. The lowest BCUT2D eigenvalue weighted by Gasteiger charge is -2.11. The van der Waals surface area contributed by atoms with Gasteiger partial charge in [-0.1, -0.05) is 0 Å². The number of alkyl halides is 3. The molecule has 10 heteroatoms. The van der Waals surface area contributed by atoms with Crippen LogP contribution in [0.1, 0.15) is 16.2 Å². The number of amides is 1. The van der Waals surface area contributed by atoms with Crippen LogP contribution in [0.4, 0.5) is 18.9 Å². The van der Waals surface area contributed by atoms with Gasteiger partial charge in [0.05, 0.1) is 0 Å². The average molecular weight is 334 g/mol. The number of pyridine rings is 1. The minimum absolute atomic E-state index is 0.304. The van der Waals surface area contributed by atoms with Crippen molar-refractivity contribution in [3.63, 3.8) is 0 Å². The van der Waals surface area contributed by atoms with Crippen LogP contribution in [-0.4, -0.2) is 30.4 Å². The fourth-order valence-corrected chi connectivity index (χ4v) is 1.82. The Bertz CT molecular complexity index is 849. The van der Waals surface area contributed by atoms with E-state index >= 15 is 0 Å². The van der Waals surface area contributed by atoms with Crippen LogP contribution in [0.15, 0.2) is 49.3 Å². The maximum Gasteiger partial charge on any atom is 0.433 e. The molecule has 0 aliphatic carbocycles. The first-order chi connectivity index (χ1) is 11.4. The molecule has 1 amide bonds. The van der Waals surface area contributed by atoms with E-state index in [4.69, 9.17) is 0 Å². The van der Waals surface area contributed by atoms with Crippen molar-refractivity contribution in [3.8, 4) is 5.95 Å². The number of nitrogens with one attached hydrogen (secondary N) is 1. The molecule has 3 heterocycles. The molecule has 0 unspecified atom stereocenters. The monoisotopic (exact) mass is 334 g/mol. The standard InChI is InChI=1S/C14H9F3N6O/c15-14(16,17)11-7-10(12(24)20-9-1-3-18-4-2-9)21-13(22-11)23-6-5-19-8-23/h1-8H,(H,18,20,24). The molecule has 24 heavy (non-hydrogen) atoms. The van der Waals surface area contributed by atoms with E-state index in [1.165, 1.54) is 47.8 Å². The van der Waals surface area contributed by atoms with E-state index in [0.717, 1.165) is 0 Å². The second kappa shape index (κ2) is 6.07. The third-order valence-corrected chi connectivity index (χ3v) is 2.91. The van der Waals surface area contributed by atoms with E-state index in [1.807, 2.05) is 0 Å². The van der Waals surface area contributed by atoms with Crippen molar-refractivity contribution in [3.05, 3.63) is 60.7 Å². The summed E-state index contributed by atoms with van der Waals surface area (Å²) >= 11 is 0. The smallest absolute Gasteiger partial charge is 0.321 e. The van der Waals surface area contributed by atoms with Crippen molar-refractivity contribution in [2.75, 3.05) is 5.32 Å². The summed E-state index contributed by atoms with van der Waals surface area (Å²) in [5.74, 6) is -1.10. The van der Waals surface area contributed by atoms with Gasteiger partial charge in [-0.25, -0.2) is 15.0 Å². The quantitative estimate of drug-likeness (QED) is 0.794. The third kappa shape index (κ3) is 3.37. The molecule has 0 fully saturated rings. The Morgan fingerprint density at radius 3 is 2.46 bits per heavy atom. The number of aromatic nitrogens is 5. The van der Waals surface area contributed by atoms with Crippen molar-refractivity contribution in [1.29, 1.82) is 0 Å². The second-order valence-electron chi connectivity index (χ2n) is 4.60. The number of halogens is 3. The van der Waals surface area contributed by atoms with E-state index < -0.39 is 23.5 Å². The predicted octanol–water partition coefficient (Wildman–Crippen LogP) is 2.33. The number of hydrogen-bond donors (Lipinski definition) is 1. The Balaban J connectivity index is 2.00. The molecule has 0 radical (unpaired) electrons. The number of carbonyl (C=O) groups is 1. The summed E-state index contributed by atoms with van der Waals surface area (Å²) in [6, 6.07) is 3.60. The summed E-state index contributed by atoms with van der Waals surface area (Å²) in [6.45, 7) is 0. The normalized spacial score (nSPS) is 11.3. The highest BCUT2D eigenvalue weighted by molar-refractivity contribution is 6.02. The van der Waals surface area contributed by atoms with E-state index in [2.05, 4.69) is 25.3 Å². The van der Waals surface area contributed by atoms with Gasteiger partial charge in [0, 0.05) is 36.5 Å². The number of imidazole rings is 1. The van der Waals surface area contributed by atoms with Crippen molar-refractivity contribution >= 4 is 11.6 Å². The van der Waals surface area contributed by atoms with Crippen molar-refractivity contribution < 1.29 is 18.0 Å². The highest BCUT2D eigenvalue weighted by atomic mass is 19.4. The van der Waals surface area contributed by atoms with Crippen molar-refractivity contribution in [1.82, 2.24) is 24.5 Å². The molecule has 0 atom stereocenters. The minimum Gasteiger partial charge on any atom is -0.321 e.